The van der Waals surface area contributed by atoms with E-state index in [9.17, 15) is 0 Å². The highest BCUT2D eigenvalue weighted by Crippen LogP contribution is 2.23. The van der Waals surface area contributed by atoms with Gasteiger partial charge in [-0.2, -0.15) is 4.98 Å². The van der Waals surface area contributed by atoms with Crippen molar-refractivity contribution in [1.82, 2.24) is 15.1 Å². The first-order chi connectivity index (χ1) is 10.1. The number of rotatable bonds is 4. The van der Waals surface area contributed by atoms with Crippen molar-refractivity contribution in [3.05, 3.63) is 51.1 Å². The molecule has 2 N–H and O–H groups in total. The summed E-state index contributed by atoms with van der Waals surface area (Å²) in [7, 11) is 0. The third-order valence-corrected chi connectivity index (χ3v) is 4.13. The van der Waals surface area contributed by atoms with E-state index in [1.807, 2.05) is 36.6 Å². The Morgan fingerprint density at radius 2 is 2.24 bits per heavy atom. The van der Waals surface area contributed by atoms with Crippen molar-refractivity contribution in [2.45, 2.75) is 19.4 Å². The van der Waals surface area contributed by atoms with Crippen LogP contribution in [0.15, 0.2) is 34.2 Å². The number of hydrogen-bond acceptors (Lipinski definition) is 6. The average Bonchev–Trinajstić information content (AvgIpc) is 3.06. The van der Waals surface area contributed by atoms with Crippen molar-refractivity contribution in [2.75, 3.05) is 0 Å². The van der Waals surface area contributed by atoms with Gasteiger partial charge in [0, 0.05) is 16.8 Å². The molecule has 2 aromatic heterocycles. The van der Waals surface area contributed by atoms with Gasteiger partial charge in [0.1, 0.15) is 10.7 Å². The van der Waals surface area contributed by atoms with E-state index in [1.165, 1.54) is 11.3 Å². The fourth-order valence-corrected chi connectivity index (χ4v) is 2.82. The molecule has 0 aliphatic rings. The fraction of sp³-hybridized carbons (Fsp3) is 0.214. The molecule has 1 aromatic carbocycles. The van der Waals surface area contributed by atoms with E-state index in [1.54, 1.807) is 0 Å². The van der Waals surface area contributed by atoms with Crippen LogP contribution in [0.2, 0.25) is 5.02 Å². The minimum absolute atomic E-state index is 0.0994. The van der Waals surface area contributed by atoms with Crippen LogP contribution >= 0.6 is 22.9 Å². The Morgan fingerprint density at radius 1 is 1.38 bits per heavy atom. The molecular weight excluding hydrogens is 308 g/mol. The summed E-state index contributed by atoms with van der Waals surface area (Å²) in [6.45, 7) is 1.89. The smallest absolute Gasteiger partial charge is 0.277 e. The Balaban J connectivity index is 1.79. The molecule has 21 heavy (non-hydrogen) atoms. The molecule has 0 aliphatic heterocycles. The monoisotopic (exact) mass is 320 g/mol. The van der Waals surface area contributed by atoms with Crippen LogP contribution in [-0.2, 0) is 6.42 Å². The molecule has 1 unspecified atom stereocenters. The molecule has 0 spiro atoms. The van der Waals surface area contributed by atoms with Gasteiger partial charge >= 0.3 is 0 Å². The highest BCUT2D eigenvalue weighted by molar-refractivity contribution is 7.10. The van der Waals surface area contributed by atoms with Gasteiger partial charge in [0.05, 0.1) is 6.04 Å². The van der Waals surface area contributed by atoms with Gasteiger partial charge < -0.3 is 10.3 Å². The zero-order chi connectivity index (χ0) is 14.8. The van der Waals surface area contributed by atoms with Crippen molar-refractivity contribution >= 4 is 22.9 Å². The highest BCUT2D eigenvalue weighted by Gasteiger charge is 2.14. The van der Waals surface area contributed by atoms with Crippen LogP contribution in [0.1, 0.15) is 29.4 Å². The standard InChI is InChI=1S/C14H13ClN4OS/c1-8(16)14-17-11(7-21-14)13-18-12(19-20-13)6-9-3-2-4-10(15)5-9/h2-5,7-8H,6,16H2,1H3. The molecular formula is C14H13ClN4OS. The number of aromatic nitrogens is 3. The Bertz CT molecular complexity index is 753. The summed E-state index contributed by atoms with van der Waals surface area (Å²) in [5.41, 5.74) is 7.49. The predicted molar refractivity (Wildman–Crippen MR) is 82.3 cm³/mol. The summed E-state index contributed by atoms with van der Waals surface area (Å²) in [5.74, 6) is 1.01. The summed E-state index contributed by atoms with van der Waals surface area (Å²) in [6, 6.07) is 7.48. The van der Waals surface area contributed by atoms with Gasteiger partial charge in [0.2, 0.25) is 0 Å². The van der Waals surface area contributed by atoms with Crippen LogP contribution in [0.25, 0.3) is 11.6 Å². The lowest BCUT2D eigenvalue weighted by atomic mass is 10.1. The molecule has 3 aromatic rings. The normalized spacial score (nSPS) is 12.5. The molecule has 0 fully saturated rings. The number of benzene rings is 1. The number of thiazole rings is 1. The first-order valence-electron chi connectivity index (χ1n) is 6.40. The topological polar surface area (TPSA) is 77.8 Å². The maximum atomic E-state index is 5.96. The van der Waals surface area contributed by atoms with Crippen LogP contribution in [0.3, 0.4) is 0 Å². The molecule has 0 aliphatic carbocycles. The van der Waals surface area contributed by atoms with E-state index in [0.29, 0.717) is 28.9 Å². The van der Waals surface area contributed by atoms with Gasteiger partial charge in [-0.1, -0.05) is 28.9 Å². The molecule has 0 radical (unpaired) electrons. The van der Waals surface area contributed by atoms with Crippen molar-refractivity contribution in [3.8, 4) is 11.6 Å². The number of nitrogens with two attached hydrogens (primary N) is 1. The van der Waals surface area contributed by atoms with Crippen molar-refractivity contribution in [1.29, 1.82) is 0 Å². The second-order valence-electron chi connectivity index (χ2n) is 4.68. The van der Waals surface area contributed by atoms with E-state index >= 15 is 0 Å². The Hall–Kier alpha value is -1.76. The lowest BCUT2D eigenvalue weighted by Crippen LogP contribution is -2.03. The molecule has 7 heteroatoms. The van der Waals surface area contributed by atoms with Crippen LogP contribution in [0.4, 0.5) is 0 Å². The Kier molecular flexibility index (Phi) is 4.01. The molecule has 0 saturated heterocycles. The minimum atomic E-state index is -0.0994. The van der Waals surface area contributed by atoms with E-state index in [2.05, 4.69) is 15.1 Å². The number of nitrogens with zero attached hydrogens (tertiary/aromatic N) is 3. The maximum absolute atomic E-state index is 5.96. The largest absolute Gasteiger partial charge is 0.332 e. The average molecular weight is 321 g/mol. The van der Waals surface area contributed by atoms with Crippen LogP contribution in [0.5, 0.6) is 0 Å². The van der Waals surface area contributed by atoms with Crippen LogP contribution in [0, 0.1) is 0 Å². The molecule has 2 heterocycles. The summed E-state index contributed by atoms with van der Waals surface area (Å²) < 4.78 is 5.26. The Morgan fingerprint density at radius 3 is 2.95 bits per heavy atom. The fourth-order valence-electron chi connectivity index (χ4n) is 1.85. The Labute approximate surface area is 130 Å². The number of hydrogen-bond donors (Lipinski definition) is 1. The lowest BCUT2D eigenvalue weighted by Gasteiger charge is -1.96. The molecule has 1 atom stereocenters. The molecule has 0 saturated carbocycles. The highest BCUT2D eigenvalue weighted by atomic mass is 35.5. The third-order valence-electron chi connectivity index (χ3n) is 2.85. The first-order valence-corrected chi connectivity index (χ1v) is 7.66. The van der Waals surface area contributed by atoms with Crippen molar-refractivity contribution in [2.24, 2.45) is 5.73 Å². The van der Waals surface area contributed by atoms with E-state index in [-0.39, 0.29) is 6.04 Å². The van der Waals surface area contributed by atoms with Gasteiger partial charge in [-0.15, -0.1) is 11.3 Å². The van der Waals surface area contributed by atoms with Gasteiger partial charge in [-0.3, -0.25) is 0 Å². The quantitative estimate of drug-likeness (QED) is 0.796. The van der Waals surface area contributed by atoms with E-state index in [4.69, 9.17) is 21.9 Å². The van der Waals surface area contributed by atoms with Crippen molar-refractivity contribution in [3.63, 3.8) is 0 Å². The molecule has 0 amide bonds. The van der Waals surface area contributed by atoms with Crippen molar-refractivity contribution < 1.29 is 4.52 Å². The summed E-state index contributed by atoms with van der Waals surface area (Å²) >= 11 is 7.45. The van der Waals surface area contributed by atoms with Gasteiger partial charge in [-0.05, 0) is 24.6 Å². The first kappa shape index (κ1) is 14.2. The molecule has 108 valence electrons. The summed E-state index contributed by atoms with van der Waals surface area (Å²) in [6.07, 6.45) is 0.564. The van der Waals surface area contributed by atoms with E-state index < -0.39 is 0 Å². The van der Waals surface area contributed by atoms with Gasteiger partial charge in [0.25, 0.3) is 5.89 Å². The third kappa shape index (κ3) is 3.29. The summed E-state index contributed by atoms with van der Waals surface area (Å²) in [4.78, 5) is 8.75. The zero-order valence-electron chi connectivity index (χ0n) is 11.3. The summed E-state index contributed by atoms with van der Waals surface area (Å²) in [5, 5.41) is 7.39. The SMILES string of the molecule is CC(N)c1nc(-c2nc(Cc3cccc(Cl)c3)no2)cs1. The van der Waals surface area contributed by atoms with Crippen LogP contribution < -0.4 is 5.73 Å². The second kappa shape index (κ2) is 5.93. The second-order valence-corrected chi connectivity index (χ2v) is 6.01. The molecule has 5 nitrogen and oxygen atoms in total. The van der Waals surface area contributed by atoms with Crippen LogP contribution in [-0.4, -0.2) is 15.1 Å². The minimum Gasteiger partial charge on any atom is -0.332 e. The lowest BCUT2D eigenvalue weighted by molar-refractivity contribution is 0.423. The van der Waals surface area contributed by atoms with E-state index in [0.717, 1.165) is 10.6 Å². The maximum Gasteiger partial charge on any atom is 0.277 e. The van der Waals surface area contributed by atoms with Gasteiger partial charge in [-0.25, -0.2) is 4.98 Å². The predicted octanol–water partition coefficient (Wildman–Crippen LogP) is 3.46. The molecule has 0 bridgehead atoms. The number of halogens is 1. The van der Waals surface area contributed by atoms with Gasteiger partial charge in [0.15, 0.2) is 5.82 Å². The molecule has 3 rings (SSSR count). The zero-order valence-corrected chi connectivity index (χ0v) is 12.9.